The van der Waals surface area contributed by atoms with Crippen LogP contribution in [0.3, 0.4) is 0 Å². The Kier molecular flexibility index (Phi) is 5.50. The van der Waals surface area contributed by atoms with Gasteiger partial charge in [-0.05, 0) is 42.3 Å². The minimum absolute atomic E-state index is 0.0460. The largest absolute Gasteiger partial charge is 0.506 e. The number of methoxy groups -OCH3 is 2. The molecule has 0 radical (unpaired) electrons. The zero-order valence-electron chi connectivity index (χ0n) is 13.1. The number of carbonyl (C=O) groups excluding carboxylic acids is 1. The molecule has 0 aliphatic heterocycles. The summed E-state index contributed by atoms with van der Waals surface area (Å²) in [7, 11) is 3.09. The summed E-state index contributed by atoms with van der Waals surface area (Å²) in [5.74, 6) is 0.943. The molecule has 23 heavy (non-hydrogen) atoms. The van der Waals surface area contributed by atoms with E-state index >= 15 is 0 Å². The highest BCUT2D eigenvalue weighted by Crippen LogP contribution is 2.33. The first-order chi connectivity index (χ1) is 10.9. The molecule has 0 aromatic heterocycles. The van der Waals surface area contributed by atoms with Crippen LogP contribution in [0.15, 0.2) is 34.8 Å². The maximum atomic E-state index is 12.2. The lowest BCUT2D eigenvalue weighted by molar-refractivity contribution is -0.115. The van der Waals surface area contributed by atoms with Crippen LogP contribution in [0, 0.1) is 6.92 Å². The summed E-state index contributed by atoms with van der Waals surface area (Å²) in [5, 5.41) is 12.5. The SMILES string of the molecule is COc1cc(Br)c(CC(=O)Nc2ccc(C)cc2O)cc1OC. The lowest BCUT2D eigenvalue weighted by atomic mass is 10.1. The van der Waals surface area contributed by atoms with Gasteiger partial charge in [-0.25, -0.2) is 0 Å². The van der Waals surface area contributed by atoms with Crippen molar-refractivity contribution in [1.29, 1.82) is 0 Å². The molecule has 2 rings (SSSR count). The predicted octanol–water partition coefficient (Wildman–Crippen LogP) is 3.66. The zero-order valence-corrected chi connectivity index (χ0v) is 14.7. The number of ether oxygens (including phenoxy) is 2. The molecular formula is C17H18BrNO4. The molecular weight excluding hydrogens is 362 g/mol. The number of benzene rings is 2. The molecule has 0 bridgehead atoms. The van der Waals surface area contributed by atoms with Crippen LogP contribution in [0.2, 0.25) is 0 Å². The molecule has 0 heterocycles. The third kappa shape index (κ3) is 4.16. The summed E-state index contributed by atoms with van der Waals surface area (Å²) >= 11 is 3.42. The number of phenols is 1. The summed E-state index contributed by atoms with van der Waals surface area (Å²) in [6.07, 6.45) is 0.133. The van der Waals surface area contributed by atoms with Crippen LogP contribution in [0.1, 0.15) is 11.1 Å². The van der Waals surface area contributed by atoms with Crippen molar-refractivity contribution in [2.75, 3.05) is 19.5 Å². The average Bonchev–Trinajstić information content (AvgIpc) is 2.51. The lowest BCUT2D eigenvalue weighted by Crippen LogP contribution is -2.15. The van der Waals surface area contributed by atoms with Crippen LogP contribution in [-0.2, 0) is 11.2 Å². The Morgan fingerprint density at radius 3 is 2.43 bits per heavy atom. The van der Waals surface area contributed by atoms with Crippen LogP contribution in [0.4, 0.5) is 5.69 Å². The van der Waals surface area contributed by atoms with E-state index in [4.69, 9.17) is 9.47 Å². The number of aromatic hydroxyl groups is 1. The normalized spacial score (nSPS) is 10.3. The number of hydrogen-bond acceptors (Lipinski definition) is 4. The number of halogens is 1. The van der Waals surface area contributed by atoms with Crippen LogP contribution in [0.5, 0.6) is 17.2 Å². The second kappa shape index (κ2) is 7.37. The van der Waals surface area contributed by atoms with Crippen LogP contribution in [-0.4, -0.2) is 25.2 Å². The molecule has 0 atom stereocenters. The molecule has 2 N–H and O–H groups in total. The maximum absolute atomic E-state index is 12.2. The highest BCUT2D eigenvalue weighted by Gasteiger charge is 2.14. The Balaban J connectivity index is 2.17. The van der Waals surface area contributed by atoms with E-state index in [9.17, 15) is 9.90 Å². The number of phenolic OH excluding ortho intramolecular Hbond substituents is 1. The molecule has 5 nitrogen and oxygen atoms in total. The summed E-state index contributed by atoms with van der Waals surface area (Å²) in [5.41, 5.74) is 2.06. The molecule has 0 aliphatic rings. The van der Waals surface area contributed by atoms with E-state index in [-0.39, 0.29) is 18.1 Å². The number of carbonyl (C=O) groups is 1. The van der Waals surface area contributed by atoms with Gasteiger partial charge in [0.25, 0.3) is 0 Å². The molecule has 0 spiro atoms. The second-order valence-electron chi connectivity index (χ2n) is 5.04. The van der Waals surface area contributed by atoms with Crippen molar-refractivity contribution in [2.45, 2.75) is 13.3 Å². The minimum atomic E-state index is -0.239. The van der Waals surface area contributed by atoms with Gasteiger partial charge in [-0.2, -0.15) is 0 Å². The predicted molar refractivity (Wildman–Crippen MR) is 92.4 cm³/mol. The molecule has 2 aromatic rings. The molecule has 0 fully saturated rings. The minimum Gasteiger partial charge on any atom is -0.506 e. The first-order valence-electron chi connectivity index (χ1n) is 6.94. The second-order valence-corrected chi connectivity index (χ2v) is 5.90. The third-order valence-corrected chi connectivity index (χ3v) is 4.07. The molecule has 6 heteroatoms. The van der Waals surface area contributed by atoms with Crippen LogP contribution in [0.25, 0.3) is 0 Å². The third-order valence-electron chi connectivity index (χ3n) is 3.33. The first-order valence-corrected chi connectivity index (χ1v) is 7.73. The molecule has 122 valence electrons. The van der Waals surface area contributed by atoms with Gasteiger partial charge in [0.15, 0.2) is 11.5 Å². The van der Waals surface area contributed by atoms with E-state index < -0.39 is 0 Å². The van der Waals surface area contributed by atoms with E-state index in [0.29, 0.717) is 17.2 Å². The molecule has 2 aromatic carbocycles. The van der Waals surface area contributed by atoms with Gasteiger partial charge >= 0.3 is 0 Å². The lowest BCUT2D eigenvalue weighted by Gasteiger charge is -2.12. The topological polar surface area (TPSA) is 67.8 Å². The van der Waals surface area contributed by atoms with E-state index in [1.54, 1.807) is 38.5 Å². The number of amides is 1. The molecule has 0 saturated heterocycles. The fourth-order valence-electron chi connectivity index (χ4n) is 2.15. The van der Waals surface area contributed by atoms with Gasteiger partial charge in [-0.3, -0.25) is 4.79 Å². The van der Waals surface area contributed by atoms with Crippen molar-refractivity contribution in [3.63, 3.8) is 0 Å². The summed E-state index contributed by atoms with van der Waals surface area (Å²) in [6.45, 7) is 1.87. The standard InChI is InChI=1S/C17H18BrNO4/c1-10-4-5-13(14(20)6-10)19-17(21)8-11-7-15(22-2)16(23-3)9-12(11)18/h4-7,9,20H,8H2,1-3H3,(H,19,21). The zero-order chi connectivity index (χ0) is 17.0. The van der Waals surface area contributed by atoms with E-state index in [2.05, 4.69) is 21.2 Å². The van der Waals surface area contributed by atoms with E-state index in [1.165, 1.54) is 0 Å². The Morgan fingerprint density at radius 1 is 1.17 bits per heavy atom. The van der Waals surface area contributed by atoms with Gasteiger partial charge in [0.2, 0.25) is 5.91 Å². The Hall–Kier alpha value is -2.21. The van der Waals surface area contributed by atoms with Gasteiger partial charge < -0.3 is 19.9 Å². The molecule has 0 aliphatic carbocycles. The van der Waals surface area contributed by atoms with Crippen molar-refractivity contribution in [3.05, 3.63) is 45.9 Å². The number of anilines is 1. The smallest absolute Gasteiger partial charge is 0.228 e. The van der Waals surface area contributed by atoms with Crippen molar-refractivity contribution in [2.24, 2.45) is 0 Å². The summed E-state index contributed by atoms with van der Waals surface area (Å²) in [4.78, 5) is 12.2. The van der Waals surface area contributed by atoms with Crippen LogP contribution < -0.4 is 14.8 Å². The van der Waals surface area contributed by atoms with Crippen molar-refractivity contribution in [1.82, 2.24) is 0 Å². The Morgan fingerprint density at radius 2 is 1.83 bits per heavy atom. The molecule has 0 unspecified atom stereocenters. The van der Waals surface area contributed by atoms with Gasteiger partial charge in [0, 0.05) is 4.47 Å². The highest BCUT2D eigenvalue weighted by atomic mass is 79.9. The quantitative estimate of drug-likeness (QED) is 0.777. The average molecular weight is 380 g/mol. The highest BCUT2D eigenvalue weighted by molar-refractivity contribution is 9.10. The fourth-order valence-corrected chi connectivity index (χ4v) is 2.61. The first kappa shape index (κ1) is 17.1. The van der Waals surface area contributed by atoms with Crippen molar-refractivity contribution >= 4 is 27.5 Å². The number of hydrogen-bond donors (Lipinski definition) is 2. The Labute approximate surface area is 143 Å². The van der Waals surface area contributed by atoms with Crippen LogP contribution >= 0.6 is 15.9 Å². The summed E-state index contributed by atoms with van der Waals surface area (Å²) < 4.78 is 11.2. The molecule has 1 amide bonds. The van der Waals surface area contributed by atoms with Gasteiger partial charge in [0.05, 0.1) is 26.3 Å². The van der Waals surface area contributed by atoms with E-state index in [0.717, 1.165) is 15.6 Å². The number of nitrogens with one attached hydrogen (secondary N) is 1. The Bertz CT molecular complexity index is 731. The number of aryl methyl sites for hydroxylation is 1. The number of rotatable bonds is 5. The molecule has 0 saturated carbocycles. The van der Waals surface area contributed by atoms with E-state index in [1.807, 2.05) is 13.0 Å². The van der Waals surface area contributed by atoms with Gasteiger partial charge in [0.1, 0.15) is 5.75 Å². The fraction of sp³-hybridized carbons (Fsp3) is 0.235. The van der Waals surface area contributed by atoms with Gasteiger partial charge in [-0.1, -0.05) is 22.0 Å². The monoisotopic (exact) mass is 379 g/mol. The summed E-state index contributed by atoms with van der Waals surface area (Å²) in [6, 6.07) is 8.60. The van der Waals surface area contributed by atoms with Crippen molar-refractivity contribution in [3.8, 4) is 17.2 Å². The maximum Gasteiger partial charge on any atom is 0.228 e. The van der Waals surface area contributed by atoms with Crippen molar-refractivity contribution < 1.29 is 19.4 Å². The van der Waals surface area contributed by atoms with Gasteiger partial charge in [-0.15, -0.1) is 0 Å².